The number of aromatic nitrogens is 12. The molecule has 0 aliphatic carbocycles. The molecule has 4 aromatic heterocycles. The number of hydrogen-bond acceptors (Lipinski definition) is 19. The van der Waals surface area contributed by atoms with Crippen LogP contribution in [0.3, 0.4) is 0 Å². The number of H-pyrrole nitrogens is 1. The van der Waals surface area contributed by atoms with Gasteiger partial charge in [-0.2, -0.15) is 19.9 Å². The Balaban J connectivity index is -0.000000391. The number of amidine groups is 1. The zero-order chi connectivity index (χ0) is 58.3. The van der Waals surface area contributed by atoms with Crippen molar-refractivity contribution in [3.8, 4) is 0 Å². The van der Waals surface area contributed by atoms with Gasteiger partial charge in [0.15, 0.2) is 20.6 Å². The highest BCUT2D eigenvalue weighted by Crippen LogP contribution is 2.15. The minimum atomic E-state index is -1.04. The van der Waals surface area contributed by atoms with E-state index in [-0.39, 0.29) is 31.5 Å². The molecular weight excluding hydrogens is 1180 g/mol. The lowest BCUT2D eigenvalue weighted by molar-refractivity contribution is 0.266. The van der Waals surface area contributed by atoms with Crippen molar-refractivity contribution in [1.82, 2.24) is 61.1 Å². The van der Waals surface area contributed by atoms with Crippen LogP contribution < -0.4 is 62.1 Å². The van der Waals surface area contributed by atoms with E-state index in [1.165, 1.54) is 59.1 Å². The fourth-order valence-electron chi connectivity index (χ4n) is 4.36. The fraction of sp³-hybridized carbons (Fsp3) is 0.556. The predicted octanol–water partition coefficient (Wildman–Crippen LogP) is 2.58. The van der Waals surface area contributed by atoms with Crippen molar-refractivity contribution < 1.29 is 9.59 Å². The van der Waals surface area contributed by atoms with E-state index >= 15 is 0 Å². The maximum absolute atomic E-state index is 11.7. The number of nitrogens with two attached hydrogens (primary N) is 2. The Morgan fingerprint density at radius 3 is 1.28 bits per heavy atom. The van der Waals surface area contributed by atoms with Gasteiger partial charge in [-0.25, -0.2) is 61.6 Å². The molecule has 418 valence electrons. The molecule has 6 unspecified atom stereocenters. The van der Waals surface area contributed by atoms with Crippen LogP contribution in [0.1, 0.15) is 52.7 Å². The van der Waals surface area contributed by atoms with Crippen LogP contribution in [-0.2, 0) is 24.4 Å². The van der Waals surface area contributed by atoms with E-state index in [4.69, 9.17) is 16.3 Å². The maximum Gasteiger partial charge on any atom is 0.354 e. The minimum absolute atomic E-state index is 0.263. The van der Waals surface area contributed by atoms with Crippen molar-refractivity contribution in [3.63, 3.8) is 0 Å². The molecule has 0 saturated carbocycles. The van der Waals surface area contributed by atoms with E-state index < -0.39 is 28.1 Å². The Hall–Kier alpha value is -3.43. The molecule has 0 aliphatic rings. The number of carbonyl (C=O) groups excluding carboxylic acids is 2. The van der Waals surface area contributed by atoms with E-state index in [9.17, 15) is 43.2 Å². The molecule has 38 heteroatoms. The van der Waals surface area contributed by atoms with E-state index in [1.807, 2.05) is 46.2 Å². The molecule has 0 aromatic carbocycles. The first-order valence-electron chi connectivity index (χ1n) is 21.0. The number of thiocarbonyl (C=S) groups is 1. The van der Waals surface area contributed by atoms with Crippen LogP contribution in [0.15, 0.2) is 58.4 Å². The number of rotatable bonds is 11. The van der Waals surface area contributed by atoms with Crippen LogP contribution in [0.5, 0.6) is 0 Å². The molecule has 0 radical (unpaired) electrons. The Morgan fingerprint density at radius 1 is 0.676 bits per heavy atom. The predicted molar refractivity (Wildman–Crippen MR) is 325 cm³/mol. The van der Waals surface area contributed by atoms with Gasteiger partial charge in [-0.3, -0.25) is 27.1 Å². The second kappa shape index (κ2) is 45.7. The summed E-state index contributed by atoms with van der Waals surface area (Å²) in [6.07, 6.45) is 7.70. The lowest BCUT2D eigenvalue weighted by Crippen LogP contribution is -2.40. The van der Waals surface area contributed by atoms with Crippen molar-refractivity contribution in [3.05, 3.63) is 95.5 Å². The maximum atomic E-state index is 11.7. The Bertz CT molecular complexity index is 2840. The first-order chi connectivity index (χ1) is 34.8. The average Bonchev–Trinajstić information content (AvgIpc) is 3.33. The van der Waals surface area contributed by atoms with Crippen LogP contribution in [0, 0.1) is 13.8 Å². The molecule has 0 saturated heterocycles. The highest BCUT2D eigenvalue weighted by Gasteiger charge is 2.10. The number of halogens is 1. The SMILES string of the molecule is CCC.CCn1c(=O)nc(C)n(PC)c1=O.CCn1c(=O)nc(C)n(PC)c1=O.CCn1c(=O)nc(SC)n(PC)c1=O.CPN=C(N)SC.CPNC(N)=S.CPn1c(SC)nc(=O)[nH]c1=O.O=C=NC(=O)Cl. The number of thioether (sulfide) groups is 3. The van der Waals surface area contributed by atoms with Crippen LogP contribution in [0.2, 0.25) is 0 Å². The van der Waals surface area contributed by atoms with Gasteiger partial charge in [-0.1, -0.05) is 55.6 Å². The van der Waals surface area contributed by atoms with Gasteiger partial charge in [0.2, 0.25) is 6.08 Å². The highest BCUT2D eigenvalue weighted by atomic mass is 35.5. The third-order valence-corrected chi connectivity index (χ3v) is 14.6. The van der Waals surface area contributed by atoms with E-state index in [0.717, 1.165) is 19.8 Å². The van der Waals surface area contributed by atoms with Crippen molar-refractivity contribution in [2.75, 3.05) is 58.8 Å². The molecule has 6 atom stereocenters. The highest BCUT2D eigenvalue weighted by molar-refractivity contribution is 8.13. The lowest BCUT2D eigenvalue weighted by Gasteiger charge is -2.08. The van der Waals surface area contributed by atoms with E-state index in [2.05, 4.69) is 77.4 Å². The molecule has 1 amide bonds. The zero-order valence-electron chi connectivity index (χ0n) is 43.9. The number of carbonyl (C=O) groups is 1. The summed E-state index contributed by atoms with van der Waals surface area (Å²) in [4.78, 5) is 128. The van der Waals surface area contributed by atoms with Crippen LogP contribution in [0.25, 0.3) is 0 Å². The summed E-state index contributed by atoms with van der Waals surface area (Å²) in [7, 11) is 2.39. The van der Waals surface area contributed by atoms with E-state index in [1.54, 1.807) is 47.1 Å². The number of aromatic amines is 1. The summed E-state index contributed by atoms with van der Waals surface area (Å²) in [5.74, 6) is 0.973. The number of nitrogens with one attached hydrogen (secondary N) is 2. The molecule has 0 spiro atoms. The van der Waals surface area contributed by atoms with Gasteiger partial charge in [0.25, 0.3) is 0 Å². The van der Waals surface area contributed by atoms with E-state index in [0.29, 0.717) is 95.5 Å². The van der Waals surface area contributed by atoms with Crippen LogP contribution >= 0.6 is 111 Å². The van der Waals surface area contributed by atoms with Gasteiger partial charge in [0, 0.05) is 28.4 Å². The average molecular weight is 1250 g/mol. The topological polar surface area (TPSA) is 361 Å². The molecule has 0 aliphatic heterocycles. The molecular formula is C36H68ClN17O10P6S4. The largest absolute Gasteiger partial charge is 0.378 e. The summed E-state index contributed by atoms with van der Waals surface area (Å²) >= 11 is 13.1. The normalized spacial score (nSPS) is 10.7. The summed E-state index contributed by atoms with van der Waals surface area (Å²) in [6, 6.07) is 0. The number of hydrogen-bond donors (Lipinski definition) is 4. The number of aliphatic imine (C=N–C) groups is 1. The number of aryl methyl sites for hydroxylation is 2. The molecule has 4 heterocycles. The number of amides is 1. The smallest absolute Gasteiger partial charge is 0.354 e. The summed E-state index contributed by atoms with van der Waals surface area (Å²) < 4.78 is 13.3. The standard InChI is InChI=1S/C7H12N3O2PS.2C7H12N3O2P.C5H8N3O2PS.C3H9N2PS.C3H8.C2ClNO2.C2H7N2PS/c1-4-9-5(11)8-6(14-3)10(13-2)7(9)12;2*1-4-9-6(11)8-5(2)10(13-3)7(9)12;1-11-8-4(10)6-3(9)7-5(8)12-2;1-6-5-3(4)7-2;1-3-2;3-2(6)4-1-5;1-5-4-2(3)6/h13H,4H2,1-3H3;2*13H,4H2,1-3H3;11H,1-2H3,(H,6,9,10);6H,1-2H3,(H2,4,5);3H2,1-2H3;;5H,1H3,(H3,3,4,6). The second-order valence-electron chi connectivity index (χ2n) is 12.2. The molecule has 0 bridgehead atoms. The van der Waals surface area contributed by atoms with Crippen LogP contribution in [0.4, 0.5) is 4.79 Å². The third kappa shape index (κ3) is 30.3. The van der Waals surface area contributed by atoms with Crippen molar-refractivity contribution >= 4 is 133 Å². The molecule has 4 aromatic rings. The quantitative estimate of drug-likeness (QED) is 0.0245. The number of isocyanates is 1. The monoisotopic (exact) mass is 1250 g/mol. The first kappa shape index (κ1) is 77.1. The summed E-state index contributed by atoms with van der Waals surface area (Å²) in [5, 5.41) is 3.73. The second-order valence-corrected chi connectivity index (χ2v) is 20.3. The minimum Gasteiger partial charge on any atom is -0.378 e. The first-order valence-corrected chi connectivity index (χ1v) is 34.2. The molecule has 6 N–H and O–H groups in total. The molecule has 4 rings (SSSR count). The van der Waals surface area contributed by atoms with Crippen molar-refractivity contribution in [2.45, 2.75) is 84.8 Å². The zero-order valence-corrected chi connectivity index (χ0v) is 53.9. The molecule has 74 heavy (non-hydrogen) atoms. The Kier molecular flexibility index (Phi) is 47.6. The summed E-state index contributed by atoms with van der Waals surface area (Å²) in [6.45, 7) is 25.4. The third-order valence-electron chi connectivity index (χ3n) is 7.33. The van der Waals surface area contributed by atoms with Gasteiger partial charge < -0.3 is 16.6 Å². The fourth-order valence-corrected chi connectivity index (χ4v) is 10.2. The summed E-state index contributed by atoms with van der Waals surface area (Å²) in [5.41, 5.74) is 7.19. The van der Waals surface area contributed by atoms with Gasteiger partial charge in [-0.05, 0) is 161 Å². The number of nitrogens with zero attached hydrogens (tertiary/aromatic N) is 13. The lowest BCUT2D eigenvalue weighted by atomic mass is 10.6. The Morgan fingerprint density at radius 2 is 1.04 bits per heavy atom. The van der Waals surface area contributed by atoms with Gasteiger partial charge >= 0.3 is 50.9 Å². The van der Waals surface area contributed by atoms with Gasteiger partial charge in [0.1, 0.15) is 11.6 Å². The van der Waals surface area contributed by atoms with Crippen molar-refractivity contribution in [1.29, 1.82) is 0 Å². The van der Waals surface area contributed by atoms with Gasteiger partial charge in [-0.15, -0.1) is 4.99 Å². The van der Waals surface area contributed by atoms with Crippen LogP contribution in [-0.4, -0.2) is 136 Å². The molecule has 0 fully saturated rings. The van der Waals surface area contributed by atoms with Crippen molar-refractivity contribution in [2.24, 2.45) is 21.2 Å². The Labute approximate surface area is 461 Å². The molecule has 27 nitrogen and oxygen atoms in total. The van der Waals surface area contributed by atoms with Gasteiger partial charge in [0.05, 0.1) is 0 Å².